The average Bonchev–Trinajstić information content (AvgIpc) is 2.69. The Morgan fingerprint density at radius 2 is 1.66 bits per heavy atom. The van der Waals surface area contributed by atoms with Crippen LogP contribution in [0.5, 0.6) is 0 Å². The van der Waals surface area contributed by atoms with Crippen LogP contribution in [0.1, 0.15) is 32.0 Å². The number of halogens is 2. The molecular formula is C23H22Cl2N4. The first-order valence-electron chi connectivity index (χ1n) is 9.28. The topological polar surface area (TPSA) is 52.8 Å². The molecule has 3 rings (SSSR count). The van der Waals surface area contributed by atoms with Crippen LogP contribution in [-0.2, 0) is 6.54 Å². The largest absolute Gasteiger partial charge is 0.336 e. The van der Waals surface area contributed by atoms with E-state index in [1.807, 2.05) is 12.1 Å². The highest BCUT2D eigenvalue weighted by molar-refractivity contribution is 6.42. The summed E-state index contributed by atoms with van der Waals surface area (Å²) in [7, 11) is 0. The van der Waals surface area contributed by atoms with E-state index >= 15 is 0 Å². The summed E-state index contributed by atoms with van der Waals surface area (Å²) in [5.41, 5.74) is 3.62. The lowest BCUT2D eigenvalue weighted by molar-refractivity contribution is 0.406. The lowest BCUT2D eigenvalue weighted by Crippen LogP contribution is -2.33. The van der Waals surface area contributed by atoms with Crippen LogP contribution >= 0.6 is 23.2 Å². The highest BCUT2D eigenvalue weighted by Gasteiger charge is 2.19. The monoisotopic (exact) mass is 424 g/mol. The Morgan fingerprint density at radius 1 is 0.966 bits per heavy atom. The van der Waals surface area contributed by atoms with Crippen molar-refractivity contribution in [3.05, 3.63) is 76.0 Å². The number of rotatable bonds is 5. The number of nitrogens with zero attached hydrogens (tertiary/aromatic N) is 4. The van der Waals surface area contributed by atoms with Gasteiger partial charge in [-0.3, -0.25) is 0 Å². The highest BCUT2D eigenvalue weighted by atomic mass is 35.5. The van der Waals surface area contributed by atoms with E-state index in [0.717, 1.165) is 23.2 Å². The third-order valence-electron chi connectivity index (χ3n) is 4.29. The molecule has 0 bridgehead atoms. The third-order valence-corrected chi connectivity index (χ3v) is 5.02. The maximum atomic E-state index is 9.17. The highest BCUT2D eigenvalue weighted by Crippen LogP contribution is 2.29. The Balaban J connectivity index is 1.85. The molecule has 0 N–H and O–H groups in total. The molecule has 0 saturated carbocycles. The lowest BCUT2D eigenvalue weighted by Gasteiger charge is -2.30. The fourth-order valence-electron chi connectivity index (χ4n) is 3.03. The maximum Gasteiger partial charge on any atom is 0.226 e. The average molecular weight is 425 g/mol. The molecule has 0 unspecified atom stereocenters. The first kappa shape index (κ1) is 21.1. The fraction of sp³-hybridized carbons (Fsp3) is 0.261. The Kier molecular flexibility index (Phi) is 6.42. The summed E-state index contributed by atoms with van der Waals surface area (Å²) >= 11 is 12.2. The van der Waals surface area contributed by atoms with Crippen molar-refractivity contribution >= 4 is 29.2 Å². The van der Waals surface area contributed by atoms with Gasteiger partial charge in [0.1, 0.15) is 11.8 Å². The quantitative estimate of drug-likeness (QED) is 0.476. The minimum absolute atomic E-state index is 0.0476. The minimum atomic E-state index is 0.0476. The van der Waals surface area contributed by atoms with E-state index in [-0.39, 0.29) is 5.41 Å². The number of anilines is 1. The SMILES string of the molecule is CC(C)(C)CN(Cc1ccc(-c2ccc(Cl)c(Cl)c2)cc1)c1nccc(C#N)n1. The molecule has 0 aliphatic rings. The van der Waals surface area contributed by atoms with Crippen LogP contribution in [0, 0.1) is 16.7 Å². The molecule has 29 heavy (non-hydrogen) atoms. The van der Waals surface area contributed by atoms with Crippen molar-refractivity contribution in [1.29, 1.82) is 5.26 Å². The summed E-state index contributed by atoms with van der Waals surface area (Å²) in [6, 6.07) is 17.6. The van der Waals surface area contributed by atoms with E-state index in [1.54, 1.807) is 18.3 Å². The molecule has 148 valence electrons. The van der Waals surface area contributed by atoms with Gasteiger partial charge in [-0.15, -0.1) is 0 Å². The molecule has 0 fully saturated rings. The zero-order chi connectivity index (χ0) is 21.0. The van der Waals surface area contributed by atoms with Crippen LogP contribution in [0.3, 0.4) is 0 Å². The molecule has 0 aliphatic carbocycles. The second-order valence-electron chi connectivity index (χ2n) is 8.10. The standard InChI is InChI=1S/C23H22Cl2N4/c1-23(2,3)15-29(22-27-11-10-19(13-26)28-22)14-16-4-6-17(7-5-16)18-8-9-20(24)21(25)12-18/h4-12H,14-15H2,1-3H3. The van der Waals surface area contributed by atoms with Crippen molar-refractivity contribution < 1.29 is 0 Å². The fourth-order valence-corrected chi connectivity index (χ4v) is 3.33. The minimum Gasteiger partial charge on any atom is -0.336 e. The van der Waals surface area contributed by atoms with Crippen molar-refractivity contribution in [2.75, 3.05) is 11.4 Å². The van der Waals surface area contributed by atoms with Crippen molar-refractivity contribution in [3.8, 4) is 17.2 Å². The van der Waals surface area contributed by atoms with Gasteiger partial charge >= 0.3 is 0 Å². The Morgan fingerprint density at radius 3 is 2.28 bits per heavy atom. The molecule has 1 heterocycles. The molecular weight excluding hydrogens is 403 g/mol. The summed E-state index contributed by atoms with van der Waals surface area (Å²) < 4.78 is 0. The van der Waals surface area contributed by atoms with Crippen LogP contribution in [0.2, 0.25) is 10.0 Å². The summed E-state index contributed by atoms with van der Waals surface area (Å²) in [6.45, 7) is 7.91. The Bertz CT molecular complexity index is 1030. The predicted molar refractivity (Wildman–Crippen MR) is 119 cm³/mol. The van der Waals surface area contributed by atoms with Gasteiger partial charge in [-0.1, -0.05) is 74.3 Å². The zero-order valence-corrected chi connectivity index (χ0v) is 18.2. The Labute approximate surface area is 181 Å². The zero-order valence-electron chi connectivity index (χ0n) is 16.7. The number of hydrogen-bond donors (Lipinski definition) is 0. The van der Waals surface area contributed by atoms with Gasteiger partial charge in [0.15, 0.2) is 0 Å². The number of nitriles is 1. The number of hydrogen-bond acceptors (Lipinski definition) is 4. The van der Waals surface area contributed by atoms with E-state index in [1.165, 1.54) is 0 Å². The molecule has 3 aromatic rings. The molecule has 4 nitrogen and oxygen atoms in total. The molecule has 0 saturated heterocycles. The van der Waals surface area contributed by atoms with Gasteiger partial charge in [-0.2, -0.15) is 5.26 Å². The van der Waals surface area contributed by atoms with Gasteiger partial charge in [0.25, 0.3) is 0 Å². The first-order valence-corrected chi connectivity index (χ1v) is 10.0. The molecule has 0 amide bonds. The van der Waals surface area contributed by atoms with Crippen LogP contribution in [0.4, 0.5) is 5.95 Å². The van der Waals surface area contributed by atoms with Gasteiger partial charge in [-0.05, 0) is 40.3 Å². The normalized spacial score (nSPS) is 11.2. The van der Waals surface area contributed by atoms with Gasteiger partial charge in [0.05, 0.1) is 10.0 Å². The lowest BCUT2D eigenvalue weighted by atomic mass is 9.96. The molecule has 0 atom stereocenters. The van der Waals surface area contributed by atoms with Crippen molar-refractivity contribution in [2.45, 2.75) is 27.3 Å². The second-order valence-corrected chi connectivity index (χ2v) is 8.91. The van der Waals surface area contributed by atoms with Gasteiger partial charge in [0, 0.05) is 19.3 Å². The van der Waals surface area contributed by atoms with E-state index in [2.05, 4.69) is 66.0 Å². The molecule has 0 spiro atoms. The molecule has 1 aromatic heterocycles. The van der Waals surface area contributed by atoms with Gasteiger partial charge in [-0.25, -0.2) is 9.97 Å². The van der Waals surface area contributed by atoms with Crippen LogP contribution in [0.25, 0.3) is 11.1 Å². The van der Waals surface area contributed by atoms with Crippen molar-refractivity contribution in [1.82, 2.24) is 9.97 Å². The molecule has 2 aromatic carbocycles. The van der Waals surface area contributed by atoms with E-state index in [0.29, 0.717) is 28.2 Å². The summed E-state index contributed by atoms with van der Waals surface area (Å²) in [5, 5.41) is 10.3. The molecule has 0 aliphatic heterocycles. The molecule has 0 radical (unpaired) electrons. The van der Waals surface area contributed by atoms with Crippen molar-refractivity contribution in [2.24, 2.45) is 5.41 Å². The van der Waals surface area contributed by atoms with Gasteiger partial charge in [0.2, 0.25) is 5.95 Å². The number of aromatic nitrogens is 2. The summed E-state index contributed by atoms with van der Waals surface area (Å²) in [5.74, 6) is 0.563. The van der Waals surface area contributed by atoms with Crippen LogP contribution < -0.4 is 4.90 Å². The van der Waals surface area contributed by atoms with E-state index in [9.17, 15) is 0 Å². The predicted octanol–water partition coefficient (Wildman–Crippen LogP) is 6.37. The first-order chi connectivity index (χ1) is 13.7. The van der Waals surface area contributed by atoms with Gasteiger partial charge < -0.3 is 4.90 Å². The van der Waals surface area contributed by atoms with E-state index < -0.39 is 0 Å². The Hall–Kier alpha value is -2.61. The van der Waals surface area contributed by atoms with Crippen molar-refractivity contribution in [3.63, 3.8) is 0 Å². The third kappa shape index (κ3) is 5.69. The maximum absolute atomic E-state index is 9.17. The van der Waals surface area contributed by atoms with Crippen LogP contribution in [-0.4, -0.2) is 16.5 Å². The summed E-state index contributed by atoms with van der Waals surface area (Å²) in [4.78, 5) is 10.9. The smallest absolute Gasteiger partial charge is 0.226 e. The van der Waals surface area contributed by atoms with E-state index in [4.69, 9.17) is 28.5 Å². The second kappa shape index (κ2) is 8.82. The summed E-state index contributed by atoms with van der Waals surface area (Å²) in [6.07, 6.45) is 1.63. The van der Waals surface area contributed by atoms with Crippen LogP contribution in [0.15, 0.2) is 54.7 Å². The number of benzene rings is 2. The molecule has 6 heteroatoms.